The van der Waals surface area contributed by atoms with Crippen LogP contribution in [0, 0.1) is 11.7 Å². The van der Waals surface area contributed by atoms with E-state index in [9.17, 15) is 14.0 Å². The summed E-state index contributed by atoms with van der Waals surface area (Å²) in [6.45, 7) is 1.72. The molecule has 6 nitrogen and oxygen atoms in total. The van der Waals surface area contributed by atoms with E-state index < -0.39 is 0 Å². The molecule has 3 N–H and O–H groups in total. The molecule has 1 amide bonds. The van der Waals surface area contributed by atoms with Crippen molar-refractivity contribution in [3.63, 3.8) is 0 Å². The summed E-state index contributed by atoms with van der Waals surface area (Å²) in [5, 5.41) is 3.14. The fourth-order valence-corrected chi connectivity index (χ4v) is 3.77. The molecule has 1 aliphatic rings. The number of carbonyl (C=O) groups is 1. The zero-order valence-corrected chi connectivity index (χ0v) is 16.7. The van der Waals surface area contributed by atoms with Crippen molar-refractivity contribution < 1.29 is 9.18 Å². The molecule has 1 fully saturated rings. The van der Waals surface area contributed by atoms with Gasteiger partial charge in [-0.25, -0.2) is 9.18 Å². The molecule has 8 heteroatoms. The van der Waals surface area contributed by atoms with Crippen LogP contribution in [0.2, 0.25) is 0 Å². The molecule has 1 saturated heterocycles. The van der Waals surface area contributed by atoms with Gasteiger partial charge in [-0.05, 0) is 61.1 Å². The SMILES string of the molecule is Cl.O=C(CNc1ccc2[nH]c(=O)[nH]c2c1)N1CCC(Cc2ccc(F)cc2)CC1. The number of nitrogens with one attached hydrogen (secondary N) is 3. The molecular formula is C21H24ClFN4O2. The fourth-order valence-electron chi connectivity index (χ4n) is 3.77. The van der Waals surface area contributed by atoms with Gasteiger partial charge >= 0.3 is 5.69 Å². The maximum atomic E-state index is 13.0. The topological polar surface area (TPSA) is 81.0 Å². The maximum Gasteiger partial charge on any atom is 0.323 e. The quantitative estimate of drug-likeness (QED) is 0.594. The summed E-state index contributed by atoms with van der Waals surface area (Å²) in [5.41, 5.74) is 3.15. The minimum absolute atomic E-state index is 0. The van der Waals surface area contributed by atoms with Crippen molar-refractivity contribution >= 4 is 35.0 Å². The van der Waals surface area contributed by atoms with E-state index in [-0.39, 0.29) is 36.4 Å². The predicted octanol–water partition coefficient (Wildman–Crippen LogP) is 3.31. The molecule has 0 atom stereocenters. The second-order valence-electron chi connectivity index (χ2n) is 7.35. The average Bonchev–Trinajstić information content (AvgIpc) is 3.08. The standard InChI is InChI=1S/C21H23FN4O2.ClH/c22-16-3-1-14(2-4-16)11-15-7-9-26(10-8-15)20(27)13-23-17-5-6-18-19(12-17)25-21(28)24-18;/h1-6,12,15,23H,7-11,13H2,(H2,24,25,28);1H. The third kappa shape index (κ3) is 5.17. The molecule has 0 saturated carbocycles. The molecular weight excluding hydrogens is 395 g/mol. The van der Waals surface area contributed by atoms with Gasteiger partial charge in [0.1, 0.15) is 5.82 Å². The number of nitrogens with zero attached hydrogens (tertiary/aromatic N) is 1. The highest BCUT2D eigenvalue weighted by atomic mass is 35.5. The molecule has 2 aromatic carbocycles. The monoisotopic (exact) mass is 418 g/mol. The van der Waals surface area contributed by atoms with Crippen LogP contribution in [0.4, 0.5) is 10.1 Å². The van der Waals surface area contributed by atoms with Gasteiger partial charge in [0, 0.05) is 18.8 Å². The number of halogens is 2. The number of piperidine rings is 1. The molecule has 2 heterocycles. The summed E-state index contributed by atoms with van der Waals surface area (Å²) in [6, 6.07) is 12.1. The summed E-state index contributed by atoms with van der Waals surface area (Å²) in [4.78, 5) is 31.1. The van der Waals surface area contributed by atoms with Crippen LogP contribution in [0.1, 0.15) is 18.4 Å². The first-order valence-corrected chi connectivity index (χ1v) is 9.55. The number of aromatic amines is 2. The van der Waals surface area contributed by atoms with Gasteiger partial charge < -0.3 is 20.2 Å². The molecule has 1 aliphatic heterocycles. The van der Waals surface area contributed by atoms with Crippen molar-refractivity contribution in [3.8, 4) is 0 Å². The molecule has 0 radical (unpaired) electrons. The molecule has 3 aromatic rings. The molecule has 1 aromatic heterocycles. The van der Waals surface area contributed by atoms with Gasteiger partial charge in [0.2, 0.25) is 5.91 Å². The Balaban J connectivity index is 0.00000240. The van der Waals surface area contributed by atoms with Crippen LogP contribution in [-0.4, -0.2) is 40.4 Å². The smallest absolute Gasteiger partial charge is 0.323 e. The van der Waals surface area contributed by atoms with Crippen LogP contribution in [0.15, 0.2) is 47.3 Å². The minimum Gasteiger partial charge on any atom is -0.376 e. The molecule has 0 bridgehead atoms. The number of imidazole rings is 1. The van der Waals surface area contributed by atoms with E-state index in [1.807, 2.05) is 29.2 Å². The number of hydrogen-bond donors (Lipinski definition) is 3. The number of likely N-dealkylation sites (tertiary alicyclic amines) is 1. The maximum absolute atomic E-state index is 13.0. The number of hydrogen-bond acceptors (Lipinski definition) is 3. The number of aromatic nitrogens is 2. The predicted molar refractivity (Wildman–Crippen MR) is 114 cm³/mol. The van der Waals surface area contributed by atoms with E-state index in [4.69, 9.17) is 0 Å². The fraction of sp³-hybridized carbons (Fsp3) is 0.333. The third-order valence-electron chi connectivity index (χ3n) is 5.36. The van der Waals surface area contributed by atoms with Gasteiger partial charge in [-0.1, -0.05) is 12.1 Å². The van der Waals surface area contributed by atoms with E-state index in [0.29, 0.717) is 11.4 Å². The summed E-state index contributed by atoms with van der Waals surface area (Å²) in [6.07, 6.45) is 2.84. The number of anilines is 1. The van der Waals surface area contributed by atoms with Gasteiger partial charge in [-0.2, -0.15) is 0 Å². The van der Waals surface area contributed by atoms with Gasteiger partial charge in [0.15, 0.2) is 0 Å². The second-order valence-corrected chi connectivity index (χ2v) is 7.35. The minimum atomic E-state index is -0.244. The molecule has 4 rings (SSSR count). The van der Waals surface area contributed by atoms with E-state index in [1.165, 1.54) is 12.1 Å². The number of carbonyl (C=O) groups excluding carboxylic acids is 1. The summed E-state index contributed by atoms with van der Waals surface area (Å²) in [7, 11) is 0. The van der Waals surface area contributed by atoms with Crippen LogP contribution < -0.4 is 11.0 Å². The highest BCUT2D eigenvalue weighted by molar-refractivity contribution is 5.85. The van der Waals surface area contributed by atoms with E-state index in [2.05, 4.69) is 15.3 Å². The lowest BCUT2D eigenvalue weighted by Gasteiger charge is -2.32. The van der Waals surface area contributed by atoms with Crippen molar-refractivity contribution in [2.75, 3.05) is 25.0 Å². The number of rotatable bonds is 5. The van der Waals surface area contributed by atoms with Crippen LogP contribution in [0.5, 0.6) is 0 Å². The zero-order valence-electron chi connectivity index (χ0n) is 15.9. The Kier molecular flexibility index (Phi) is 6.59. The van der Waals surface area contributed by atoms with Crippen molar-refractivity contribution in [1.29, 1.82) is 0 Å². The highest BCUT2D eigenvalue weighted by Gasteiger charge is 2.22. The normalized spacial score (nSPS) is 14.6. The Bertz CT molecular complexity index is 1020. The van der Waals surface area contributed by atoms with Crippen LogP contribution >= 0.6 is 12.4 Å². The summed E-state index contributed by atoms with van der Waals surface area (Å²) >= 11 is 0. The van der Waals surface area contributed by atoms with E-state index >= 15 is 0 Å². The number of amides is 1. The highest BCUT2D eigenvalue weighted by Crippen LogP contribution is 2.22. The van der Waals surface area contributed by atoms with Crippen LogP contribution in [-0.2, 0) is 11.2 Å². The first-order chi connectivity index (χ1) is 13.6. The number of fused-ring (bicyclic) bond motifs is 1. The Hall–Kier alpha value is -2.80. The van der Waals surface area contributed by atoms with Gasteiger partial charge in [-0.15, -0.1) is 12.4 Å². The summed E-state index contributed by atoms with van der Waals surface area (Å²) < 4.78 is 13.0. The second kappa shape index (κ2) is 9.13. The zero-order chi connectivity index (χ0) is 19.5. The largest absolute Gasteiger partial charge is 0.376 e. The van der Waals surface area contributed by atoms with E-state index in [0.717, 1.165) is 49.1 Å². The average molecular weight is 419 g/mol. The Morgan fingerprint density at radius 2 is 1.76 bits per heavy atom. The van der Waals surface area contributed by atoms with Gasteiger partial charge in [-0.3, -0.25) is 4.79 Å². The first-order valence-electron chi connectivity index (χ1n) is 9.55. The third-order valence-corrected chi connectivity index (χ3v) is 5.36. The molecule has 29 heavy (non-hydrogen) atoms. The van der Waals surface area contributed by atoms with Crippen molar-refractivity contribution in [3.05, 3.63) is 64.3 Å². The van der Waals surface area contributed by atoms with Gasteiger partial charge in [0.05, 0.1) is 17.6 Å². The lowest BCUT2D eigenvalue weighted by atomic mass is 9.90. The van der Waals surface area contributed by atoms with Crippen molar-refractivity contribution in [2.24, 2.45) is 5.92 Å². The Labute approximate surface area is 173 Å². The summed E-state index contributed by atoms with van der Waals surface area (Å²) in [5.74, 6) is 0.386. The van der Waals surface area contributed by atoms with Crippen LogP contribution in [0.3, 0.4) is 0 Å². The van der Waals surface area contributed by atoms with Crippen molar-refractivity contribution in [1.82, 2.24) is 14.9 Å². The van der Waals surface area contributed by atoms with Gasteiger partial charge in [0.25, 0.3) is 0 Å². The molecule has 0 spiro atoms. The van der Waals surface area contributed by atoms with E-state index in [1.54, 1.807) is 6.07 Å². The van der Waals surface area contributed by atoms with Crippen molar-refractivity contribution in [2.45, 2.75) is 19.3 Å². The Morgan fingerprint density at radius 1 is 1.07 bits per heavy atom. The number of benzene rings is 2. The molecule has 0 aliphatic carbocycles. The number of H-pyrrole nitrogens is 2. The molecule has 0 unspecified atom stereocenters. The Morgan fingerprint density at radius 3 is 2.48 bits per heavy atom. The lowest BCUT2D eigenvalue weighted by molar-refractivity contribution is -0.130. The lowest BCUT2D eigenvalue weighted by Crippen LogP contribution is -2.41. The van der Waals surface area contributed by atoms with Crippen LogP contribution in [0.25, 0.3) is 11.0 Å². The molecule has 154 valence electrons. The first kappa shape index (κ1) is 20.9.